The molecule has 0 saturated heterocycles. The maximum atomic E-state index is 12.0. The molecule has 1 unspecified atom stereocenters. The second-order valence-corrected chi connectivity index (χ2v) is 5.59. The summed E-state index contributed by atoms with van der Waals surface area (Å²) in [6, 6.07) is 0. The molecule has 0 aliphatic rings. The van der Waals surface area contributed by atoms with E-state index in [1.807, 2.05) is 20.8 Å². The van der Waals surface area contributed by atoms with Crippen LogP contribution in [-0.2, 0) is 19.1 Å². The molecule has 0 aromatic carbocycles. The molecule has 1 atom stereocenters. The lowest BCUT2D eigenvalue weighted by Crippen LogP contribution is -2.33. The van der Waals surface area contributed by atoms with Gasteiger partial charge in [-0.15, -0.1) is 0 Å². The van der Waals surface area contributed by atoms with Gasteiger partial charge in [0.15, 0.2) is 5.92 Å². The molecule has 4 heteroatoms. The zero-order valence-corrected chi connectivity index (χ0v) is 12.4. The van der Waals surface area contributed by atoms with Crippen LogP contribution in [0.25, 0.3) is 0 Å². The fourth-order valence-electron chi connectivity index (χ4n) is 1.29. The van der Waals surface area contributed by atoms with Gasteiger partial charge in [0.25, 0.3) is 0 Å². The van der Waals surface area contributed by atoms with E-state index in [0.29, 0.717) is 6.42 Å². The molecule has 0 N–H and O–H groups in total. The first-order valence-corrected chi connectivity index (χ1v) is 6.02. The number of hydrogen-bond donors (Lipinski definition) is 0. The molecule has 18 heavy (non-hydrogen) atoms. The largest absolute Gasteiger partial charge is 0.468 e. The van der Waals surface area contributed by atoms with Gasteiger partial charge in [0.05, 0.1) is 7.11 Å². The van der Waals surface area contributed by atoms with Crippen molar-refractivity contribution in [3.8, 4) is 0 Å². The van der Waals surface area contributed by atoms with Crippen molar-refractivity contribution in [3.63, 3.8) is 0 Å². The van der Waals surface area contributed by atoms with Gasteiger partial charge in [0.2, 0.25) is 0 Å². The number of rotatable bonds is 4. The Morgan fingerprint density at radius 1 is 1.06 bits per heavy atom. The van der Waals surface area contributed by atoms with Crippen LogP contribution in [0.2, 0.25) is 0 Å². The summed E-state index contributed by atoms with van der Waals surface area (Å²) < 4.78 is 9.91. The standard InChI is InChI=1S/C14H24O4/c1-9(2)10(3)8-11(12(15)17-7)13(16)18-14(4,5)6/h11H,8H2,1-7H3. The Labute approximate surface area is 109 Å². The first kappa shape index (κ1) is 16.7. The van der Waals surface area contributed by atoms with Crippen LogP contribution < -0.4 is 0 Å². The third-order valence-electron chi connectivity index (χ3n) is 2.54. The van der Waals surface area contributed by atoms with Gasteiger partial charge < -0.3 is 9.47 Å². The van der Waals surface area contributed by atoms with Gasteiger partial charge in [0.1, 0.15) is 5.60 Å². The van der Waals surface area contributed by atoms with Crippen molar-refractivity contribution >= 4 is 11.9 Å². The fourth-order valence-corrected chi connectivity index (χ4v) is 1.29. The Bertz CT molecular complexity index is 343. The van der Waals surface area contributed by atoms with E-state index in [9.17, 15) is 9.59 Å². The van der Waals surface area contributed by atoms with E-state index in [1.54, 1.807) is 20.8 Å². The molecule has 0 heterocycles. The Morgan fingerprint density at radius 3 is 1.89 bits per heavy atom. The zero-order chi connectivity index (χ0) is 14.5. The number of hydrogen-bond acceptors (Lipinski definition) is 4. The zero-order valence-electron chi connectivity index (χ0n) is 12.4. The van der Waals surface area contributed by atoms with Crippen molar-refractivity contribution in [1.82, 2.24) is 0 Å². The minimum Gasteiger partial charge on any atom is -0.468 e. The van der Waals surface area contributed by atoms with E-state index in [1.165, 1.54) is 7.11 Å². The number of esters is 2. The highest BCUT2D eigenvalue weighted by molar-refractivity contribution is 5.95. The summed E-state index contributed by atoms with van der Waals surface area (Å²) >= 11 is 0. The van der Waals surface area contributed by atoms with Crippen LogP contribution in [0, 0.1) is 5.92 Å². The quantitative estimate of drug-likeness (QED) is 0.441. The van der Waals surface area contributed by atoms with Crippen LogP contribution in [0.4, 0.5) is 0 Å². The van der Waals surface area contributed by atoms with E-state index in [0.717, 1.165) is 11.1 Å². The van der Waals surface area contributed by atoms with Crippen molar-refractivity contribution in [3.05, 3.63) is 11.1 Å². The van der Waals surface area contributed by atoms with Gasteiger partial charge in [-0.05, 0) is 48.0 Å². The molecule has 104 valence electrons. The molecule has 0 aromatic heterocycles. The molecule has 0 spiro atoms. The van der Waals surface area contributed by atoms with Crippen molar-refractivity contribution in [1.29, 1.82) is 0 Å². The molecular weight excluding hydrogens is 232 g/mol. The van der Waals surface area contributed by atoms with E-state index >= 15 is 0 Å². The SMILES string of the molecule is COC(=O)C(CC(C)=C(C)C)C(=O)OC(C)(C)C. The predicted molar refractivity (Wildman–Crippen MR) is 70.0 cm³/mol. The van der Waals surface area contributed by atoms with Crippen LogP contribution in [0.15, 0.2) is 11.1 Å². The molecule has 0 radical (unpaired) electrons. The average Bonchev–Trinajstić information content (AvgIpc) is 2.21. The molecule has 0 amide bonds. The third kappa shape index (κ3) is 5.84. The van der Waals surface area contributed by atoms with Crippen LogP contribution >= 0.6 is 0 Å². The Kier molecular flexibility index (Phi) is 6.09. The molecule has 0 aliphatic heterocycles. The number of methoxy groups -OCH3 is 1. The van der Waals surface area contributed by atoms with Crippen LogP contribution in [-0.4, -0.2) is 24.6 Å². The van der Waals surface area contributed by atoms with Crippen molar-refractivity contribution in [2.24, 2.45) is 5.92 Å². The monoisotopic (exact) mass is 256 g/mol. The van der Waals surface area contributed by atoms with Crippen molar-refractivity contribution in [2.45, 2.75) is 53.6 Å². The summed E-state index contributed by atoms with van der Waals surface area (Å²) in [6.45, 7) is 11.1. The molecule has 0 aromatic rings. The van der Waals surface area contributed by atoms with E-state index < -0.39 is 23.5 Å². The summed E-state index contributed by atoms with van der Waals surface area (Å²) in [4.78, 5) is 23.6. The van der Waals surface area contributed by atoms with Crippen molar-refractivity contribution < 1.29 is 19.1 Å². The maximum Gasteiger partial charge on any atom is 0.321 e. The van der Waals surface area contributed by atoms with Gasteiger partial charge in [-0.25, -0.2) is 0 Å². The highest BCUT2D eigenvalue weighted by Gasteiger charge is 2.32. The maximum absolute atomic E-state index is 12.0. The minimum absolute atomic E-state index is 0.337. The average molecular weight is 256 g/mol. The molecule has 0 fully saturated rings. The second-order valence-electron chi connectivity index (χ2n) is 5.59. The highest BCUT2D eigenvalue weighted by Crippen LogP contribution is 2.20. The van der Waals surface area contributed by atoms with Gasteiger partial charge >= 0.3 is 11.9 Å². The molecular formula is C14H24O4. The second kappa shape index (κ2) is 6.57. The van der Waals surface area contributed by atoms with Gasteiger partial charge in [0, 0.05) is 0 Å². The van der Waals surface area contributed by atoms with E-state index in [2.05, 4.69) is 4.74 Å². The van der Waals surface area contributed by atoms with E-state index in [4.69, 9.17) is 4.74 Å². The molecule has 4 nitrogen and oxygen atoms in total. The molecule has 0 bridgehead atoms. The minimum atomic E-state index is -0.885. The van der Waals surface area contributed by atoms with E-state index in [-0.39, 0.29) is 0 Å². The van der Waals surface area contributed by atoms with Crippen LogP contribution in [0.1, 0.15) is 48.0 Å². The molecule has 0 rings (SSSR count). The highest BCUT2D eigenvalue weighted by atomic mass is 16.6. The lowest BCUT2D eigenvalue weighted by Gasteiger charge is -2.23. The summed E-state index contributed by atoms with van der Waals surface area (Å²) in [5.41, 5.74) is 1.48. The molecule has 0 aliphatic carbocycles. The number of carbonyl (C=O) groups excluding carboxylic acids is 2. The Balaban J connectivity index is 4.97. The van der Waals surface area contributed by atoms with Crippen LogP contribution in [0.5, 0.6) is 0 Å². The summed E-state index contributed by atoms with van der Waals surface area (Å²) in [5, 5.41) is 0. The Morgan fingerprint density at radius 2 is 1.56 bits per heavy atom. The van der Waals surface area contributed by atoms with Crippen LogP contribution in [0.3, 0.4) is 0 Å². The van der Waals surface area contributed by atoms with Gasteiger partial charge in [-0.2, -0.15) is 0 Å². The number of allylic oxidation sites excluding steroid dienone is 2. The predicted octanol–water partition coefficient (Wildman–Crippen LogP) is 2.86. The van der Waals surface area contributed by atoms with Crippen molar-refractivity contribution in [2.75, 3.05) is 7.11 Å². The lowest BCUT2D eigenvalue weighted by atomic mass is 9.97. The summed E-state index contributed by atoms with van der Waals surface area (Å²) in [6.07, 6.45) is 0.337. The lowest BCUT2D eigenvalue weighted by molar-refractivity contribution is -0.168. The smallest absolute Gasteiger partial charge is 0.321 e. The summed E-state index contributed by atoms with van der Waals surface area (Å²) in [5.74, 6) is -1.97. The van der Waals surface area contributed by atoms with Gasteiger partial charge in [-0.1, -0.05) is 11.1 Å². The fraction of sp³-hybridized carbons (Fsp3) is 0.714. The summed E-state index contributed by atoms with van der Waals surface area (Å²) in [7, 11) is 1.28. The Hall–Kier alpha value is -1.32. The molecule has 0 saturated carbocycles. The van der Waals surface area contributed by atoms with Gasteiger partial charge in [-0.3, -0.25) is 9.59 Å². The normalized spacial score (nSPS) is 12.6. The first-order valence-electron chi connectivity index (χ1n) is 6.02. The topological polar surface area (TPSA) is 52.6 Å². The number of carbonyl (C=O) groups is 2. The first-order chi connectivity index (χ1) is 8.08. The number of ether oxygens (including phenoxy) is 2. The third-order valence-corrected chi connectivity index (χ3v) is 2.54.